The molecule has 0 N–H and O–H groups in total. The Balaban J connectivity index is 1.86. The summed E-state index contributed by atoms with van der Waals surface area (Å²) < 4.78 is 29.5. The number of aryl methyl sites for hydroxylation is 1. The predicted molar refractivity (Wildman–Crippen MR) is 112 cm³/mol. The average Bonchev–Trinajstić information content (AvgIpc) is 3.17. The van der Waals surface area contributed by atoms with Gasteiger partial charge in [0.1, 0.15) is 5.58 Å². The van der Waals surface area contributed by atoms with E-state index < -0.39 is 9.84 Å². The van der Waals surface area contributed by atoms with Gasteiger partial charge in [0.05, 0.1) is 24.2 Å². The number of hydrogen-bond acceptors (Lipinski definition) is 4. The van der Waals surface area contributed by atoms with Crippen LogP contribution >= 0.6 is 0 Å². The number of furan rings is 1. The number of benzene rings is 1. The van der Waals surface area contributed by atoms with Gasteiger partial charge in [0.25, 0.3) is 0 Å². The summed E-state index contributed by atoms with van der Waals surface area (Å²) in [6.07, 6.45) is 4.31. The fourth-order valence-corrected chi connectivity index (χ4v) is 5.86. The quantitative estimate of drug-likeness (QED) is 0.691. The van der Waals surface area contributed by atoms with Crippen molar-refractivity contribution in [3.63, 3.8) is 0 Å². The molecule has 0 radical (unpaired) electrons. The minimum atomic E-state index is -3.03. The van der Waals surface area contributed by atoms with E-state index in [1.165, 1.54) is 11.1 Å². The van der Waals surface area contributed by atoms with Crippen molar-refractivity contribution in [2.75, 3.05) is 18.1 Å². The maximum Gasteiger partial charge on any atom is 0.227 e. The first-order chi connectivity index (χ1) is 13.2. The normalized spacial score (nSPS) is 18.8. The molecule has 3 rings (SSSR count). The third-order valence-corrected chi connectivity index (χ3v) is 7.48. The summed E-state index contributed by atoms with van der Waals surface area (Å²) in [5, 5.41) is 0.983. The molecule has 1 unspecified atom stereocenters. The van der Waals surface area contributed by atoms with Crippen LogP contribution in [0.25, 0.3) is 11.0 Å². The Morgan fingerprint density at radius 3 is 2.68 bits per heavy atom. The number of nitrogens with zero attached hydrogens (tertiary/aromatic N) is 1. The van der Waals surface area contributed by atoms with Crippen LogP contribution in [0.15, 0.2) is 22.8 Å². The zero-order valence-electron chi connectivity index (χ0n) is 17.3. The van der Waals surface area contributed by atoms with Gasteiger partial charge in [-0.25, -0.2) is 8.42 Å². The zero-order chi connectivity index (χ0) is 20.5. The molecule has 1 aliphatic rings. The van der Waals surface area contributed by atoms with Gasteiger partial charge in [-0.05, 0) is 48.9 Å². The molecular formula is C22H31NO4S. The number of sulfone groups is 1. The first-order valence-corrected chi connectivity index (χ1v) is 12.0. The van der Waals surface area contributed by atoms with Crippen molar-refractivity contribution in [3.8, 4) is 0 Å². The highest BCUT2D eigenvalue weighted by molar-refractivity contribution is 7.91. The summed E-state index contributed by atoms with van der Waals surface area (Å²) in [6.45, 7) is 9.09. The highest BCUT2D eigenvalue weighted by Gasteiger charge is 2.34. The molecule has 0 aliphatic carbocycles. The Morgan fingerprint density at radius 1 is 1.32 bits per heavy atom. The van der Waals surface area contributed by atoms with Gasteiger partial charge in [-0.2, -0.15) is 0 Å². The molecule has 28 heavy (non-hydrogen) atoms. The molecule has 1 aromatic heterocycles. The maximum atomic E-state index is 13.1. The Labute approximate surface area is 168 Å². The second-order valence-corrected chi connectivity index (χ2v) is 10.5. The van der Waals surface area contributed by atoms with Crippen molar-refractivity contribution >= 4 is 26.7 Å². The minimum absolute atomic E-state index is 0.00933. The molecule has 1 amide bonds. The zero-order valence-corrected chi connectivity index (χ0v) is 18.1. The first kappa shape index (κ1) is 20.9. The smallest absolute Gasteiger partial charge is 0.227 e. The molecule has 1 fully saturated rings. The fourth-order valence-electron chi connectivity index (χ4n) is 4.13. The number of carbonyl (C=O) groups is 1. The lowest BCUT2D eigenvalue weighted by atomic mass is 9.95. The van der Waals surface area contributed by atoms with E-state index in [0.717, 1.165) is 29.4 Å². The van der Waals surface area contributed by atoms with Gasteiger partial charge in [0.15, 0.2) is 9.84 Å². The number of rotatable bonds is 7. The third kappa shape index (κ3) is 4.43. The summed E-state index contributed by atoms with van der Waals surface area (Å²) >= 11 is 0. The van der Waals surface area contributed by atoms with Gasteiger partial charge in [0, 0.05) is 23.5 Å². The highest BCUT2D eigenvalue weighted by atomic mass is 32.2. The van der Waals surface area contributed by atoms with E-state index in [2.05, 4.69) is 33.8 Å². The van der Waals surface area contributed by atoms with Crippen LogP contribution in [-0.4, -0.2) is 43.3 Å². The number of carbonyl (C=O) groups excluding carboxylic acids is 1. The van der Waals surface area contributed by atoms with Gasteiger partial charge in [0.2, 0.25) is 5.91 Å². The molecule has 2 heterocycles. The van der Waals surface area contributed by atoms with Crippen LogP contribution in [0.5, 0.6) is 0 Å². The molecule has 0 spiro atoms. The maximum absolute atomic E-state index is 13.1. The van der Waals surface area contributed by atoms with Gasteiger partial charge in [-0.1, -0.05) is 27.2 Å². The van der Waals surface area contributed by atoms with Gasteiger partial charge in [-0.15, -0.1) is 0 Å². The molecule has 0 saturated carbocycles. The van der Waals surface area contributed by atoms with Crippen LogP contribution in [0.3, 0.4) is 0 Å². The van der Waals surface area contributed by atoms with Crippen LogP contribution in [0, 0.1) is 6.92 Å². The summed E-state index contributed by atoms with van der Waals surface area (Å²) in [7, 11) is -3.03. The van der Waals surface area contributed by atoms with Gasteiger partial charge >= 0.3 is 0 Å². The molecule has 154 valence electrons. The van der Waals surface area contributed by atoms with E-state index in [1.807, 2.05) is 6.07 Å². The molecule has 1 saturated heterocycles. The lowest BCUT2D eigenvalue weighted by molar-refractivity contribution is -0.132. The van der Waals surface area contributed by atoms with Crippen molar-refractivity contribution in [1.29, 1.82) is 0 Å². The van der Waals surface area contributed by atoms with Crippen molar-refractivity contribution in [2.45, 2.75) is 65.3 Å². The Morgan fingerprint density at radius 2 is 2.07 bits per heavy atom. The van der Waals surface area contributed by atoms with E-state index in [-0.39, 0.29) is 29.9 Å². The largest absolute Gasteiger partial charge is 0.464 e. The highest BCUT2D eigenvalue weighted by Crippen LogP contribution is 2.30. The van der Waals surface area contributed by atoms with Crippen molar-refractivity contribution < 1.29 is 17.6 Å². The van der Waals surface area contributed by atoms with Gasteiger partial charge < -0.3 is 9.32 Å². The second-order valence-electron chi connectivity index (χ2n) is 8.29. The van der Waals surface area contributed by atoms with Crippen molar-refractivity contribution in [2.24, 2.45) is 0 Å². The molecule has 1 aliphatic heterocycles. The van der Waals surface area contributed by atoms with Crippen LogP contribution in [0.4, 0.5) is 0 Å². The number of hydrogen-bond donors (Lipinski definition) is 0. The molecule has 1 aromatic carbocycles. The topological polar surface area (TPSA) is 67.6 Å². The average molecular weight is 406 g/mol. The van der Waals surface area contributed by atoms with E-state index in [1.54, 1.807) is 11.2 Å². The molecule has 5 nitrogen and oxygen atoms in total. The molecular weight excluding hydrogens is 374 g/mol. The summed E-state index contributed by atoms with van der Waals surface area (Å²) in [6, 6.07) is 3.98. The van der Waals surface area contributed by atoms with E-state index in [4.69, 9.17) is 4.42 Å². The molecule has 2 aromatic rings. The predicted octanol–water partition coefficient (Wildman–Crippen LogP) is 4.22. The lowest BCUT2D eigenvalue weighted by Gasteiger charge is -2.28. The molecule has 1 atom stereocenters. The van der Waals surface area contributed by atoms with Crippen molar-refractivity contribution in [3.05, 3.63) is 35.1 Å². The summed E-state index contributed by atoms with van der Waals surface area (Å²) in [5.74, 6) is 0.655. The summed E-state index contributed by atoms with van der Waals surface area (Å²) in [4.78, 5) is 14.9. The molecule has 6 heteroatoms. The third-order valence-electron chi connectivity index (χ3n) is 5.73. The number of fused-ring (bicyclic) bond motifs is 1. The number of unbranched alkanes of at least 4 members (excludes halogenated alkanes) is 1. The summed E-state index contributed by atoms with van der Waals surface area (Å²) in [5.41, 5.74) is 4.13. The molecule has 0 bridgehead atoms. The Hall–Kier alpha value is -1.82. The number of amides is 1. The van der Waals surface area contributed by atoms with Gasteiger partial charge in [-0.3, -0.25) is 4.79 Å². The standard InChI is InChI=1S/C22H31NO4S/c1-5-6-8-23(18-7-9-28(25,26)14-18)22(24)11-17-13-27-21-10-16(4)19(15(2)3)12-20(17)21/h10,12-13,15,18H,5-9,11,14H2,1-4H3. The van der Waals surface area contributed by atoms with Crippen LogP contribution in [0.2, 0.25) is 0 Å². The fraction of sp³-hybridized carbons (Fsp3) is 0.591. The monoisotopic (exact) mass is 405 g/mol. The van der Waals surface area contributed by atoms with E-state index in [9.17, 15) is 13.2 Å². The van der Waals surface area contributed by atoms with Crippen molar-refractivity contribution in [1.82, 2.24) is 4.90 Å². The van der Waals surface area contributed by atoms with Crippen LogP contribution in [0.1, 0.15) is 62.6 Å². The minimum Gasteiger partial charge on any atom is -0.464 e. The lowest BCUT2D eigenvalue weighted by Crippen LogP contribution is -2.42. The SMILES string of the molecule is CCCCN(C(=O)Cc1coc2cc(C)c(C(C)C)cc12)C1CCS(=O)(=O)C1. The van der Waals surface area contributed by atoms with Crippen LogP contribution in [-0.2, 0) is 21.1 Å². The van der Waals surface area contributed by atoms with E-state index >= 15 is 0 Å². The first-order valence-electron chi connectivity index (χ1n) is 10.2. The Kier molecular flexibility index (Phi) is 6.18. The van der Waals surface area contributed by atoms with E-state index in [0.29, 0.717) is 18.9 Å². The second kappa shape index (κ2) is 8.27. The Bertz CT molecular complexity index is 958. The van der Waals surface area contributed by atoms with Crippen LogP contribution < -0.4 is 0 Å².